The summed E-state index contributed by atoms with van der Waals surface area (Å²) in [5.41, 5.74) is 1.57. The third-order valence-corrected chi connectivity index (χ3v) is 4.20. The average Bonchev–Trinajstić information content (AvgIpc) is 2.65. The third-order valence-electron chi connectivity index (χ3n) is 4.20. The summed E-state index contributed by atoms with van der Waals surface area (Å²) in [6.45, 7) is 5.10. The number of carbonyl (C=O) groups is 1. The molecule has 0 radical (unpaired) electrons. The van der Waals surface area contributed by atoms with Gasteiger partial charge in [0.05, 0.1) is 13.2 Å². The van der Waals surface area contributed by atoms with Crippen molar-refractivity contribution in [2.75, 3.05) is 20.3 Å². The van der Waals surface area contributed by atoms with Gasteiger partial charge in [-0.1, -0.05) is 44.2 Å². The lowest BCUT2D eigenvalue weighted by Crippen LogP contribution is -2.32. The minimum atomic E-state index is -0.169. The Morgan fingerprint density at radius 2 is 1.84 bits per heavy atom. The SMILES string of the molecule is COc1cc(C(=O)NC(c2ccccc2)C(C)C)cc2c1OCCO2. The lowest BCUT2D eigenvalue weighted by molar-refractivity contribution is 0.0923. The second-order valence-corrected chi connectivity index (χ2v) is 6.31. The average molecular weight is 341 g/mol. The first-order valence-corrected chi connectivity index (χ1v) is 8.43. The number of hydrogen-bond acceptors (Lipinski definition) is 4. The van der Waals surface area contributed by atoms with Gasteiger partial charge in [0.1, 0.15) is 13.2 Å². The maximum atomic E-state index is 12.8. The number of carbonyl (C=O) groups excluding carboxylic acids is 1. The predicted octanol–water partition coefficient (Wildman–Crippen LogP) is 3.59. The predicted molar refractivity (Wildman–Crippen MR) is 95.5 cm³/mol. The summed E-state index contributed by atoms with van der Waals surface area (Å²) < 4.78 is 16.6. The molecule has 1 N–H and O–H groups in total. The lowest BCUT2D eigenvalue weighted by atomic mass is 9.95. The Labute approximate surface area is 147 Å². The molecule has 0 spiro atoms. The van der Waals surface area contributed by atoms with Crippen LogP contribution < -0.4 is 19.5 Å². The Morgan fingerprint density at radius 1 is 1.12 bits per heavy atom. The van der Waals surface area contributed by atoms with Gasteiger partial charge in [0, 0.05) is 5.56 Å². The Bertz CT molecular complexity index is 726. The molecule has 1 amide bonds. The second-order valence-electron chi connectivity index (χ2n) is 6.31. The van der Waals surface area contributed by atoms with Gasteiger partial charge in [-0.15, -0.1) is 0 Å². The molecular formula is C20H23NO4. The Balaban J connectivity index is 1.87. The number of amides is 1. The maximum Gasteiger partial charge on any atom is 0.252 e. The summed E-state index contributed by atoms with van der Waals surface area (Å²) in [7, 11) is 1.55. The van der Waals surface area contributed by atoms with Crippen LogP contribution in [0, 0.1) is 5.92 Å². The number of nitrogens with one attached hydrogen (secondary N) is 1. The number of fused-ring (bicyclic) bond motifs is 1. The summed E-state index contributed by atoms with van der Waals surface area (Å²) in [5.74, 6) is 1.68. The Hall–Kier alpha value is -2.69. The molecule has 1 aliphatic heterocycles. The van der Waals surface area contributed by atoms with Crippen molar-refractivity contribution in [1.29, 1.82) is 0 Å². The van der Waals surface area contributed by atoms with Crippen molar-refractivity contribution in [2.45, 2.75) is 19.9 Å². The fourth-order valence-corrected chi connectivity index (χ4v) is 2.92. The van der Waals surface area contributed by atoms with E-state index in [9.17, 15) is 4.79 Å². The fraction of sp³-hybridized carbons (Fsp3) is 0.350. The molecule has 0 saturated carbocycles. The highest BCUT2D eigenvalue weighted by molar-refractivity contribution is 5.96. The molecule has 1 heterocycles. The van der Waals surface area contributed by atoms with Crippen LogP contribution in [0.4, 0.5) is 0 Å². The van der Waals surface area contributed by atoms with E-state index in [1.807, 2.05) is 30.3 Å². The van der Waals surface area contributed by atoms with Crippen LogP contribution in [-0.4, -0.2) is 26.2 Å². The zero-order valence-corrected chi connectivity index (χ0v) is 14.7. The van der Waals surface area contributed by atoms with Crippen molar-refractivity contribution >= 4 is 5.91 Å². The summed E-state index contributed by atoms with van der Waals surface area (Å²) in [5, 5.41) is 3.12. The summed E-state index contributed by atoms with van der Waals surface area (Å²) >= 11 is 0. The summed E-state index contributed by atoms with van der Waals surface area (Å²) in [6, 6.07) is 13.3. The molecular weight excluding hydrogens is 318 g/mol. The fourth-order valence-electron chi connectivity index (χ4n) is 2.92. The highest BCUT2D eigenvalue weighted by Gasteiger charge is 2.23. The zero-order chi connectivity index (χ0) is 17.8. The minimum Gasteiger partial charge on any atom is -0.493 e. The molecule has 1 unspecified atom stereocenters. The van der Waals surface area contributed by atoms with Crippen molar-refractivity contribution in [3.8, 4) is 17.2 Å². The monoisotopic (exact) mass is 341 g/mol. The van der Waals surface area contributed by atoms with E-state index in [1.54, 1.807) is 19.2 Å². The number of hydrogen-bond donors (Lipinski definition) is 1. The van der Waals surface area contributed by atoms with Gasteiger partial charge in [-0.2, -0.15) is 0 Å². The van der Waals surface area contributed by atoms with Crippen molar-refractivity contribution in [1.82, 2.24) is 5.32 Å². The van der Waals surface area contributed by atoms with Crippen LogP contribution >= 0.6 is 0 Å². The summed E-state index contributed by atoms with van der Waals surface area (Å²) in [4.78, 5) is 12.8. The molecule has 2 aromatic rings. The molecule has 0 bridgehead atoms. The molecule has 5 heteroatoms. The first kappa shape index (κ1) is 17.1. The van der Waals surface area contributed by atoms with E-state index in [0.717, 1.165) is 5.56 Å². The van der Waals surface area contributed by atoms with Crippen LogP contribution in [0.1, 0.15) is 35.8 Å². The first-order valence-electron chi connectivity index (χ1n) is 8.43. The third kappa shape index (κ3) is 3.71. The van der Waals surface area contributed by atoms with Crippen molar-refractivity contribution in [3.63, 3.8) is 0 Å². The van der Waals surface area contributed by atoms with Gasteiger partial charge in [-0.05, 0) is 23.6 Å². The van der Waals surface area contributed by atoms with Gasteiger partial charge in [-0.25, -0.2) is 0 Å². The molecule has 132 valence electrons. The van der Waals surface area contributed by atoms with Gasteiger partial charge in [0.25, 0.3) is 5.91 Å². The van der Waals surface area contributed by atoms with Crippen LogP contribution in [0.5, 0.6) is 17.2 Å². The van der Waals surface area contributed by atoms with Crippen molar-refractivity contribution in [3.05, 3.63) is 53.6 Å². The number of methoxy groups -OCH3 is 1. The molecule has 0 fully saturated rings. The van der Waals surface area contributed by atoms with E-state index in [2.05, 4.69) is 19.2 Å². The smallest absolute Gasteiger partial charge is 0.252 e. The second kappa shape index (κ2) is 7.47. The minimum absolute atomic E-state index is 0.0760. The van der Waals surface area contributed by atoms with Crippen LogP contribution in [-0.2, 0) is 0 Å². The summed E-state index contributed by atoms with van der Waals surface area (Å²) in [6.07, 6.45) is 0. The van der Waals surface area contributed by atoms with Gasteiger partial charge < -0.3 is 19.5 Å². The van der Waals surface area contributed by atoms with Crippen molar-refractivity contribution in [2.24, 2.45) is 5.92 Å². The standard InChI is InChI=1S/C20H23NO4/c1-13(2)18(14-7-5-4-6-8-14)21-20(22)15-11-16(23-3)19-17(12-15)24-9-10-25-19/h4-8,11-13,18H,9-10H2,1-3H3,(H,21,22). The van der Waals surface area contributed by atoms with Crippen LogP contribution in [0.2, 0.25) is 0 Å². The van der Waals surface area contributed by atoms with E-state index in [4.69, 9.17) is 14.2 Å². The van der Waals surface area contributed by atoms with Gasteiger partial charge in [-0.3, -0.25) is 4.79 Å². The quantitative estimate of drug-likeness (QED) is 0.903. The first-order chi connectivity index (χ1) is 12.1. The van der Waals surface area contributed by atoms with E-state index in [-0.39, 0.29) is 17.9 Å². The van der Waals surface area contributed by atoms with E-state index in [1.165, 1.54) is 0 Å². The van der Waals surface area contributed by atoms with E-state index < -0.39 is 0 Å². The topological polar surface area (TPSA) is 56.8 Å². The van der Waals surface area contributed by atoms with E-state index in [0.29, 0.717) is 36.0 Å². The molecule has 5 nitrogen and oxygen atoms in total. The molecule has 1 aliphatic rings. The molecule has 0 saturated heterocycles. The zero-order valence-electron chi connectivity index (χ0n) is 14.7. The highest BCUT2D eigenvalue weighted by Crippen LogP contribution is 2.40. The van der Waals surface area contributed by atoms with Gasteiger partial charge in [0.15, 0.2) is 11.5 Å². The highest BCUT2D eigenvalue weighted by atomic mass is 16.6. The normalized spacial score (nSPS) is 14.1. The number of benzene rings is 2. The molecule has 1 atom stereocenters. The van der Waals surface area contributed by atoms with Crippen LogP contribution in [0.3, 0.4) is 0 Å². The number of ether oxygens (including phenoxy) is 3. The van der Waals surface area contributed by atoms with E-state index >= 15 is 0 Å². The largest absolute Gasteiger partial charge is 0.493 e. The van der Waals surface area contributed by atoms with Crippen molar-refractivity contribution < 1.29 is 19.0 Å². The molecule has 2 aromatic carbocycles. The lowest BCUT2D eigenvalue weighted by Gasteiger charge is -2.24. The number of rotatable bonds is 5. The van der Waals surface area contributed by atoms with Crippen LogP contribution in [0.25, 0.3) is 0 Å². The van der Waals surface area contributed by atoms with Gasteiger partial charge in [0.2, 0.25) is 5.75 Å². The van der Waals surface area contributed by atoms with Crippen LogP contribution in [0.15, 0.2) is 42.5 Å². The molecule has 3 rings (SSSR count). The molecule has 0 aliphatic carbocycles. The van der Waals surface area contributed by atoms with Gasteiger partial charge >= 0.3 is 0 Å². The Morgan fingerprint density at radius 3 is 2.52 bits per heavy atom. The Kier molecular flexibility index (Phi) is 5.12. The molecule has 25 heavy (non-hydrogen) atoms. The maximum absolute atomic E-state index is 12.8. The molecule has 0 aromatic heterocycles.